The van der Waals surface area contributed by atoms with E-state index in [1.165, 1.54) is 0 Å². The van der Waals surface area contributed by atoms with Crippen LogP contribution in [0.5, 0.6) is 0 Å². The summed E-state index contributed by atoms with van der Waals surface area (Å²) in [7, 11) is 0. The number of furan rings is 1. The molecule has 0 fully saturated rings. The van der Waals surface area contributed by atoms with E-state index in [2.05, 4.69) is 89.9 Å². The van der Waals surface area contributed by atoms with E-state index in [4.69, 9.17) is 14.4 Å². The van der Waals surface area contributed by atoms with Crippen LogP contribution in [0, 0.1) is 0 Å². The lowest BCUT2D eigenvalue weighted by Crippen LogP contribution is -1.95. The summed E-state index contributed by atoms with van der Waals surface area (Å²) in [6.45, 7) is 0. The summed E-state index contributed by atoms with van der Waals surface area (Å²) < 4.78 is 6.21. The van der Waals surface area contributed by atoms with E-state index in [0.717, 1.165) is 72.4 Å². The Hall–Kier alpha value is -5.87. The molecule has 202 valence electrons. The second kappa shape index (κ2) is 10.5. The van der Waals surface area contributed by atoms with Crippen molar-refractivity contribution in [2.45, 2.75) is 0 Å². The molecule has 0 aliphatic carbocycles. The Bertz CT molecular complexity index is 2150. The second-order valence-corrected chi connectivity index (χ2v) is 10.5. The van der Waals surface area contributed by atoms with Crippen molar-refractivity contribution < 1.29 is 4.42 Å². The summed E-state index contributed by atoms with van der Waals surface area (Å²) in [5, 5.41) is 1.03. The Kier molecular flexibility index (Phi) is 6.08. The largest absolute Gasteiger partial charge is 0.454 e. The second-order valence-electron chi connectivity index (χ2n) is 10.5. The molecule has 3 heterocycles. The van der Waals surface area contributed by atoms with Crippen LogP contribution < -0.4 is 0 Å². The Morgan fingerprint density at radius 2 is 0.977 bits per heavy atom. The van der Waals surface area contributed by atoms with Crippen molar-refractivity contribution in [1.29, 1.82) is 0 Å². The number of rotatable bonds is 5. The van der Waals surface area contributed by atoms with Crippen LogP contribution in [0.2, 0.25) is 0 Å². The minimum absolute atomic E-state index is 0.703. The summed E-state index contributed by atoms with van der Waals surface area (Å²) in [6.07, 6.45) is 1.85. The monoisotopic (exact) mass is 551 g/mol. The lowest BCUT2D eigenvalue weighted by atomic mass is 9.99. The zero-order valence-electron chi connectivity index (χ0n) is 23.2. The highest BCUT2D eigenvalue weighted by Gasteiger charge is 2.14. The number of nitrogens with zero attached hydrogens (tertiary/aromatic N) is 3. The molecular weight excluding hydrogens is 526 g/mol. The van der Waals surface area contributed by atoms with Crippen molar-refractivity contribution in [3.8, 4) is 56.2 Å². The first-order valence-corrected chi connectivity index (χ1v) is 14.3. The number of hydrogen-bond donors (Lipinski definition) is 0. The van der Waals surface area contributed by atoms with Gasteiger partial charge in [-0.1, -0.05) is 121 Å². The lowest BCUT2D eigenvalue weighted by Gasteiger charge is -2.10. The van der Waals surface area contributed by atoms with E-state index < -0.39 is 0 Å². The molecule has 0 amide bonds. The van der Waals surface area contributed by atoms with Crippen LogP contribution in [-0.2, 0) is 0 Å². The summed E-state index contributed by atoms with van der Waals surface area (Å²) in [4.78, 5) is 14.5. The summed E-state index contributed by atoms with van der Waals surface area (Å²) in [5.41, 5.74) is 11.8. The van der Waals surface area contributed by atoms with E-state index in [1.807, 2.05) is 66.9 Å². The van der Waals surface area contributed by atoms with Gasteiger partial charge in [-0.2, -0.15) is 0 Å². The first-order valence-electron chi connectivity index (χ1n) is 14.3. The number of benzene rings is 5. The van der Waals surface area contributed by atoms with Gasteiger partial charge in [0.2, 0.25) is 0 Å². The molecule has 8 rings (SSSR count). The van der Waals surface area contributed by atoms with Crippen molar-refractivity contribution in [2.75, 3.05) is 0 Å². The van der Waals surface area contributed by atoms with Gasteiger partial charge in [-0.3, -0.25) is 4.98 Å². The third-order valence-corrected chi connectivity index (χ3v) is 7.80. The van der Waals surface area contributed by atoms with Crippen molar-refractivity contribution >= 4 is 22.1 Å². The summed E-state index contributed by atoms with van der Waals surface area (Å²) >= 11 is 0. The smallest absolute Gasteiger partial charge is 0.161 e. The third-order valence-electron chi connectivity index (χ3n) is 7.80. The highest BCUT2D eigenvalue weighted by Crippen LogP contribution is 2.35. The topological polar surface area (TPSA) is 51.8 Å². The summed E-state index contributed by atoms with van der Waals surface area (Å²) in [6, 6.07) is 49.7. The Balaban J connectivity index is 1.13. The van der Waals surface area contributed by atoms with Crippen molar-refractivity contribution in [2.24, 2.45) is 0 Å². The number of fused-ring (bicyclic) bond motifs is 3. The van der Waals surface area contributed by atoms with Crippen LogP contribution >= 0.6 is 0 Å². The Morgan fingerprint density at radius 1 is 0.442 bits per heavy atom. The molecule has 0 aliphatic rings. The normalized spacial score (nSPS) is 11.3. The highest BCUT2D eigenvalue weighted by atomic mass is 16.3. The SMILES string of the molecule is c1ccc(-c2cc(-c3ccccc3)nc(-c3ccc(-c4ccc(-c5ccnc6c5oc5ccccc56)cc4)cc3)n2)cc1. The van der Waals surface area contributed by atoms with Gasteiger partial charge in [0.15, 0.2) is 11.4 Å². The minimum atomic E-state index is 0.703. The fraction of sp³-hybridized carbons (Fsp3) is 0. The molecule has 5 aromatic carbocycles. The van der Waals surface area contributed by atoms with Crippen LogP contribution in [0.25, 0.3) is 78.2 Å². The average Bonchev–Trinajstić information content (AvgIpc) is 3.48. The molecule has 0 spiro atoms. The molecule has 0 atom stereocenters. The average molecular weight is 552 g/mol. The predicted molar refractivity (Wildman–Crippen MR) is 174 cm³/mol. The molecule has 0 radical (unpaired) electrons. The van der Waals surface area contributed by atoms with Crippen molar-refractivity contribution in [1.82, 2.24) is 15.0 Å². The van der Waals surface area contributed by atoms with Crippen LogP contribution in [0.3, 0.4) is 0 Å². The Labute approximate surface area is 249 Å². The molecule has 0 N–H and O–H groups in total. The fourth-order valence-electron chi connectivity index (χ4n) is 5.58. The van der Waals surface area contributed by atoms with E-state index >= 15 is 0 Å². The van der Waals surface area contributed by atoms with Gasteiger partial charge in [-0.15, -0.1) is 0 Å². The molecule has 43 heavy (non-hydrogen) atoms. The molecule has 0 saturated heterocycles. The van der Waals surface area contributed by atoms with Crippen LogP contribution in [0.4, 0.5) is 0 Å². The maximum atomic E-state index is 6.21. The van der Waals surface area contributed by atoms with E-state index in [0.29, 0.717) is 5.82 Å². The van der Waals surface area contributed by atoms with Gasteiger partial charge in [-0.05, 0) is 41.0 Å². The van der Waals surface area contributed by atoms with Crippen LogP contribution in [-0.4, -0.2) is 15.0 Å². The van der Waals surface area contributed by atoms with Gasteiger partial charge < -0.3 is 4.42 Å². The predicted octanol–water partition coefficient (Wildman–Crippen LogP) is 10.1. The van der Waals surface area contributed by atoms with E-state index in [1.54, 1.807) is 0 Å². The Morgan fingerprint density at radius 3 is 1.60 bits per heavy atom. The highest BCUT2D eigenvalue weighted by molar-refractivity contribution is 6.07. The van der Waals surface area contributed by atoms with Gasteiger partial charge in [-0.25, -0.2) is 9.97 Å². The van der Waals surface area contributed by atoms with Crippen molar-refractivity contribution in [3.63, 3.8) is 0 Å². The summed E-state index contributed by atoms with van der Waals surface area (Å²) in [5.74, 6) is 0.703. The maximum absolute atomic E-state index is 6.21. The lowest BCUT2D eigenvalue weighted by molar-refractivity contribution is 0.669. The minimum Gasteiger partial charge on any atom is -0.454 e. The van der Waals surface area contributed by atoms with Crippen molar-refractivity contribution in [3.05, 3.63) is 152 Å². The molecule has 4 nitrogen and oxygen atoms in total. The quantitative estimate of drug-likeness (QED) is 0.214. The molecular formula is C39H25N3O. The van der Waals surface area contributed by atoms with Gasteiger partial charge in [0.1, 0.15) is 11.1 Å². The van der Waals surface area contributed by atoms with Crippen LogP contribution in [0.1, 0.15) is 0 Å². The number of aromatic nitrogens is 3. The van der Waals surface area contributed by atoms with E-state index in [9.17, 15) is 0 Å². The zero-order chi connectivity index (χ0) is 28.6. The fourth-order valence-corrected chi connectivity index (χ4v) is 5.58. The van der Waals surface area contributed by atoms with Gasteiger partial charge in [0, 0.05) is 33.8 Å². The molecule has 0 unspecified atom stereocenters. The van der Waals surface area contributed by atoms with Gasteiger partial charge >= 0.3 is 0 Å². The molecule has 4 heteroatoms. The molecule has 8 aromatic rings. The van der Waals surface area contributed by atoms with Gasteiger partial charge in [0.05, 0.1) is 11.4 Å². The number of para-hydroxylation sites is 1. The number of hydrogen-bond acceptors (Lipinski definition) is 4. The standard InChI is InChI=1S/C39H25N3O/c1-3-9-29(10-4-1)34-25-35(30-11-5-2-6-12-30)42-39(41-34)31-21-17-27(18-22-31)26-15-19-28(20-16-26)32-23-24-40-37-33-13-7-8-14-36(33)43-38(32)37/h1-25H. The third kappa shape index (κ3) is 4.65. The first-order chi connectivity index (χ1) is 21.3. The van der Waals surface area contributed by atoms with Gasteiger partial charge in [0.25, 0.3) is 0 Å². The first kappa shape index (κ1) is 24.9. The molecule has 3 aromatic heterocycles. The molecule has 0 saturated carbocycles. The molecule has 0 bridgehead atoms. The van der Waals surface area contributed by atoms with Crippen LogP contribution in [0.15, 0.2) is 156 Å². The zero-order valence-corrected chi connectivity index (χ0v) is 23.2. The number of pyridine rings is 1. The van der Waals surface area contributed by atoms with E-state index in [-0.39, 0.29) is 0 Å². The maximum Gasteiger partial charge on any atom is 0.161 e. The molecule has 0 aliphatic heterocycles.